The second kappa shape index (κ2) is 7.98. The van der Waals surface area contributed by atoms with Crippen LogP contribution in [-0.2, 0) is 22.9 Å². The first kappa shape index (κ1) is 18.4. The first-order chi connectivity index (χ1) is 13.7. The molecule has 1 aliphatic heterocycles. The van der Waals surface area contributed by atoms with Gasteiger partial charge in [0.2, 0.25) is 0 Å². The Kier molecular flexibility index (Phi) is 5.25. The van der Waals surface area contributed by atoms with Gasteiger partial charge in [-0.05, 0) is 12.5 Å². The molecule has 0 aliphatic carbocycles. The largest absolute Gasteiger partial charge is 0.462 e. The molecule has 3 heterocycles. The van der Waals surface area contributed by atoms with Gasteiger partial charge in [0.1, 0.15) is 5.56 Å². The highest BCUT2D eigenvalue weighted by atomic mass is 16.5. The molecule has 2 aromatic heterocycles. The van der Waals surface area contributed by atoms with Gasteiger partial charge in [-0.25, -0.2) is 9.78 Å². The van der Waals surface area contributed by atoms with Crippen molar-refractivity contribution in [3.63, 3.8) is 0 Å². The molecule has 28 heavy (non-hydrogen) atoms. The summed E-state index contributed by atoms with van der Waals surface area (Å²) in [5, 5.41) is 5.18. The van der Waals surface area contributed by atoms with E-state index in [0.717, 1.165) is 23.1 Å². The lowest BCUT2D eigenvalue weighted by Gasteiger charge is -2.35. The lowest BCUT2D eigenvalue weighted by atomic mass is 10.1. The quantitative estimate of drug-likeness (QED) is 0.634. The molecule has 0 N–H and O–H groups in total. The summed E-state index contributed by atoms with van der Waals surface area (Å²) in [4.78, 5) is 19.2. The summed E-state index contributed by atoms with van der Waals surface area (Å²) in [5.74, 6) is -0.359. The van der Waals surface area contributed by atoms with Gasteiger partial charge in [0, 0.05) is 32.8 Å². The highest BCUT2D eigenvalue weighted by Gasteiger charge is 2.28. The average molecular weight is 380 g/mol. The monoisotopic (exact) mass is 380 g/mol. The fraction of sp³-hybridized carbons (Fsp3) is 0.381. The van der Waals surface area contributed by atoms with Gasteiger partial charge >= 0.3 is 5.97 Å². The topological polar surface area (TPSA) is 69.5 Å². The molecule has 0 saturated carbocycles. The van der Waals surface area contributed by atoms with Crippen LogP contribution in [0.1, 0.15) is 22.8 Å². The van der Waals surface area contributed by atoms with Gasteiger partial charge in [0.05, 0.1) is 36.6 Å². The molecule has 1 aromatic carbocycles. The smallest absolute Gasteiger partial charge is 0.341 e. The molecular formula is C21H24N4O3. The zero-order valence-electron chi connectivity index (χ0n) is 16.2. The molecule has 0 bridgehead atoms. The maximum Gasteiger partial charge on any atom is 0.341 e. The lowest BCUT2D eigenvalue weighted by molar-refractivity contribution is 0.0405. The number of ether oxygens (including phenoxy) is 2. The number of nitrogens with zero attached hydrogens (tertiary/aromatic N) is 4. The highest BCUT2D eigenvalue weighted by molar-refractivity contribution is 6.04. The number of rotatable bonds is 5. The molecule has 1 atom stereocenters. The van der Waals surface area contributed by atoms with Gasteiger partial charge in [0.15, 0.2) is 5.65 Å². The fourth-order valence-corrected chi connectivity index (χ4v) is 3.70. The van der Waals surface area contributed by atoms with E-state index < -0.39 is 0 Å². The number of pyridine rings is 1. The van der Waals surface area contributed by atoms with Gasteiger partial charge in [-0.1, -0.05) is 30.3 Å². The number of hydrogen-bond acceptors (Lipinski definition) is 6. The van der Waals surface area contributed by atoms with Crippen molar-refractivity contribution >= 4 is 22.7 Å². The van der Waals surface area contributed by atoms with E-state index >= 15 is 0 Å². The van der Waals surface area contributed by atoms with Crippen LogP contribution >= 0.6 is 0 Å². The second-order valence-electron chi connectivity index (χ2n) is 6.87. The molecule has 146 valence electrons. The van der Waals surface area contributed by atoms with Crippen LogP contribution in [0, 0.1) is 0 Å². The second-order valence-corrected chi connectivity index (χ2v) is 6.87. The number of anilines is 1. The summed E-state index contributed by atoms with van der Waals surface area (Å²) in [7, 11) is 1.85. The molecule has 0 amide bonds. The van der Waals surface area contributed by atoms with Gasteiger partial charge < -0.3 is 14.4 Å². The minimum Gasteiger partial charge on any atom is -0.462 e. The Morgan fingerprint density at radius 2 is 2.11 bits per heavy atom. The van der Waals surface area contributed by atoms with Crippen molar-refractivity contribution in [1.29, 1.82) is 0 Å². The number of carbonyl (C=O) groups is 1. The van der Waals surface area contributed by atoms with Gasteiger partial charge in [-0.3, -0.25) is 4.68 Å². The zero-order valence-corrected chi connectivity index (χ0v) is 16.2. The fourth-order valence-electron chi connectivity index (χ4n) is 3.70. The van der Waals surface area contributed by atoms with E-state index in [9.17, 15) is 4.79 Å². The Labute approximate surface area is 163 Å². The predicted molar refractivity (Wildman–Crippen MR) is 107 cm³/mol. The van der Waals surface area contributed by atoms with Crippen LogP contribution < -0.4 is 4.90 Å². The minimum absolute atomic E-state index is 0.0473. The van der Waals surface area contributed by atoms with Crippen molar-refractivity contribution in [3.8, 4) is 0 Å². The summed E-state index contributed by atoms with van der Waals surface area (Å²) in [5.41, 5.74) is 3.29. The van der Waals surface area contributed by atoms with Crippen LogP contribution in [0.25, 0.3) is 11.0 Å². The number of carbonyl (C=O) groups excluding carboxylic acids is 1. The molecule has 1 fully saturated rings. The number of morpholine rings is 1. The molecule has 7 heteroatoms. The van der Waals surface area contributed by atoms with E-state index in [-0.39, 0.29) is 12.1 Å². The van der Waals surface area contributed by atoms with Crippen LogP contribution in [0.15, 0.2) is 42.7 Å². The molecule has 4 rings (SSSR count). The summed E-state index contributed by atoms with van der Waals surface area (Å²) >= 11 is 0. The molecule has 7 nitrogen and oxygen atoms in total. The Hall–Kier alpha value is -2.93. The molecule has 0 radical (unpaired) electrons. The SMILES string of the molecule is CCOC(=O)c1cnc2c(cnn2C)c1N1CCOC(Cc2ccccc2)C1. The van der Waals surface area contributed by atoms with Crippen molar-refractivity contribution in [2.75, 3.05) is 31.2 Å². The molecule has 0 spiro atoms. The third-order valence-electron chi connectivity index (χ3n) is 4.99. The summed E-state index contributed by atoms with van der Waals surface area (Å²) in [6.45, 7) is 4.12. The van der Waals surface area contributed by atoms with Crippen molar-refractivity contribution in [3.05, 3.63) is 53.9 Å². The van der Waals surface area contributed by atoms with E-state index in [1.165, 1.54) is 5.56 Å². The Bertz CT molecular complexity index is 970. The maximum atomic E-state index is 12.6. The molecule has 3 aromatic rings. The predicted octanol–water partition coefficient (Wildman–Crippen LogP) is 2.59. The normalized spacial score (nSPS) is 17.1. The minimum atomic E-state index is -0.359. The molecule has 1 aliphatic rings. The number of hydrogen-bond donors (Lipinski definition) is 0. The van der Waals surface area contributed by atoms with E-state index in [1.54, 1.807) is 24.0 Å². The molecular weight excluding hydrogens is 356 g/mol. The van der Waals surface area contributed by atoms with Gasteiger partial charge in [-0.2, -0.15) is 5.10 Å². The standard InChI is InChI=1S/C21H24N4O3/c1-3-27-21(26)18-12-22-20-17(13-23-24(20)2)19(18)25-9-10-28-16(14-25)11-15-7-5-4-6-8-15/h4-8,12-13,16H,3,9-11,14H2,1-2H3. The van der Waals surface area contributed by atoms with Crippen LogP contribution in [0.4, 0.5) is 5.69 Å². The van der Waals surface area contributed by atoms with Crippen LogP contribution in [0.3, 0.4) is 0 Å². The van der Waals surface area contributed by atoms with Crippen LogP contribution in [-0.4, -0.2) is 53.1 Å². The third kappa shape index (κ3) is 3.57. The Morgan fingerprint density at radius 1 is 1.29 bits per heavy atom. The number of aromatic nitrogens is 3. The van der Waals surface area contributed by atoms with E-state index in [1.807, 2.05) is 25.2 Å². The van der Waals surface area contributed by atoms with Crippen molar-refractivity contribution in [2.24, 2.45) is 7.05 Å². The van der Waals surface area contributed by atoms with E-state index in [0.29, 0.717) is 31.9 Å². The van der Waals surface area contributed by atoms with Gasteiger partial charge in [-0.15, -0.1) is 0 Å². The van der Waals surface area contributed by atoms with E-state index in [4.69, 9.17) is 9.47 Å². The van der Waals surface area contributed by atoms with Crippen molar-refractivity contribution in [1.82, 2.24) is 14.8 Å². The average Bonchev–Trinajstić information content (AvgIpc) is 3.09. The van der Waals surface area contributed by atoms with E-state index in [2.05, 4.69) is 27.1 Å². The van der Waals surface area contributed by atoms with Crippen LogP contribution in [0.2, 0.25) is 0 Å². The zero-order chi connectivity index (χ0) is 19.5. The Balaban J connectivity index is 1.68. The first-order valence-corrected chi connectivity index (χ1v) is 9.55. The highest BCUT2D eigenvalue weighted by Crippen LogP contribution is 2.31. The summed E-state index contributed by atoms with van der Waals surface area (Å²) in [6, 6.07) is 10.3. The summed E-state index contributed by atoms with van der Waals surface area (Å²) < 4.78 is 13.0. The first-order valence-electron chi connectivity index (χ1n) is 9.55. The number of esters is 1. The Morgan fingerprint density at radius 3 is 2.89 bits per heavy atom. The van der Waals surface area contributed by atoms with Crippen molar-refractivity contribution in [2.45, 2.75) is 19.4 Å². The van der Waals surface area contributed by atoms with Crippen molar-refractivity contribution < 1.29 is 14.3 Å². The van der Waals surface area contributed by atoms with Gasteiger partial charge in [0.25, 0.3) is 0 Å². The summed E-state index contributed by atoms with van der Waals surface area (Å²) in [6.07, 6.45) is 4.24. The number of aryl methyl sites for hydroxylation is 1. The van der Waals surface area contributed by atoms with Crippen LogP contribution in [0.5, 0.6) is 0 Å². The molecule has 1 unspecified atom stereocenters. The lowest BCUT2D eigenvalue weighted by Crippen LogP contribution is -2.44. The maximum absolute atomic E-state index is 12.6. The number of benzene rings is 1. The number of fused-ring (bicyclic) bond motifs is 1. The third-order valence-corrected chi connectivity index (χ3v) is 4.99. The molecule has 1 saturated heterocycles.